The summed E-state index contributed by atoms with van der Waals surface area (Å²) < 4.78 is 6.67. The number of ether oxygens (including phenoxy) is 1. The first-order valence-corrected chi connectivity index (χ1v) is 7.30. The van der Waals surface area contributed by atoms with Gasteiger partial charge in [0.15, 0.2) is 5.78 Å². The lowest BCUT2D eigenvalue weighted by atomic mass is 10.2. The Morgan fingerprint density at radius 2 is 2.00 bits per heavy atom. The largest absolute Gasteiger partial charge is 0.476 e. The Kier molecular flexibility index (Phi) is 6.16. The Hall–Kier alpha value is -0.390. The maximum Gasteiger partial charge on any atom is 0.220 e. The lowest BCUT2D eigenvalue weighted by molar-refractivity contribution is 0.102. The Balaban J connectivity index is 2.45. The van der Waals surface area contributed by atoms with Crippen LogP contribution in [0.25, 0.3) is 0 Å². The minimum absolute atomic E-state index is 0.0530. The first kappa shape index (κ1) is 14.7. The van der Waals surface area contributed by atoms with Crippen LogP contribution in [-0.2, 0) is 4.74 Å². The van der Waals surface area contributed by atoms with Gasteiger partial charge in [-0.2, -0.15) is 0 Å². The minimum Gasteiger partial charge on any atom is -0.476 e. The van der Waals surface area contributed by atoms with Crippen molar-refractivity contribution < 1.29 is 9.53 Å². The molecule has 0 heterocycles. The lowest BCUT2D eigenvalue weighted by Gasteiger charge is -2.09. The topological polar surface area (TPSA) is 26.3 Å². The molecule has 1 rings (SSSR count). The Bertz CT molecular complexity index is 401. The number of thiocarbonyl (C=S) groups is 1. The predicted molar refractivity (Wildman–Crippen MR) is 79.7 cm³/mol. The standard InChI is InChI=1S/C12H13BrO2S2/c1-8(2)15-12(16)17-7-11(14)9-3-5-10(13)6-4-9/h3-6,8H,7H2,1-2H3. The summed E-state index contributed by atoms with van der Waals surface area (Å²) in [5.74, 6) is 0.366. The van der Waals surface area contributed by atoms with Crippen molar-refractivity contribution >= 4 is 50.1 Å². The molecule has 92 valence electrons. The Morgan fingerprint density at radius 3 is 2.53 bits per heavy atom. The molecule has 1 aromatic carbocycles. The molecule has 0 aliphatic heterocycles. The van der Waals surface area contributed by atoms with Gasteiger partial charge in [-0.3, -0.25) is 4.79 Å². The van der Waals surface area contributed by atoms with Gasteiger partial charge in [-0.25, -0.2) is 0 Å². The summed E-state index contributed by atoms with van der Waals surface area (Å²) in [4.78, 5) is 11.8. The third-order valence-electron chi connectivity index (χ3n) is 1.82. The lowest BCUT2D eigenvalue weighted by Crippen LogP contribution is -2.09. The van der Waals surface area contributed by atoms with E-state index in [-0.39, 0.29) is 11.9 Å². The van der Waals surface area contributed by atoms with Gasteiger partial charge in [0.25, 0.3) is 0 Å². The zero-order chi connectivity index (χ0) is 12.8. The molecule has 0 amide bonds. The van der Waals surface area contributed by atoms with Gasteiger partial charge >= 0.3 is 0 Å². The van der Waals surface area contributed by atoms with Crippen molar-refractivity contribution in [3.8, 4) is 0 Å². The Labute approximate surface area is 119 Å². The normalized spacial score (nSPS) is 10.4. The van der Waals surface area contributed by atoms with Gasteiger partial charge in [0.1, 0.15) is 0 Å². The number of rotatable bonds is 4. The van der Waals surface area contributed by atoms with Gasteiger partial charge in [0.05, 0.1) is 11.9 Å². The van der Waals surface area contributed by atoms with Gasteiger partial charge in [-0.05, 0) is 38.2 Å². The van der Waals surface area contributed by atoms with Crippen LogP contribution in [0, 0.1) is 0 Å². The van der Waals surface area contributed by atoms with Gasteiger partial charge < -0.3 is 4.74 Å². The SMILES string of the molecule is CC(C)OC(=S)SCC(=O)c1ccc(Br)cc1. The molecule has 0 bridgehead atoms. The highest BCUT2D eigenvalue weighted by Gasteiger charge is 2.09. The molecule has 1 aromatic rings. The van der Waals surface area contributed by atoms with Crippen LogP contribution >= 0.6 is 39.9 Å². The van der Waals surface area contributed by atoms with E-state index >= 15 is 0 Å². The van der Waals surface area contributed by atoms with E-state index in [4.69, 9.17) is 17.0 Å². The maximum absolute atomic E-state index is 11.8. The fourth-order valence-corrected chi connectivity index (χ4v) is 2.38. The molecule has 0 aliphatic rings. The van der Waals surface area contributed by atoms with Crippen LogP contribution < -0.4 is 0 Å². The van der Waals surface area contributed by atoms with E-state index in [1.54, 1.807) is 12.1 Å². The molecule has 0 N–H and O–H groups in total. The number of benzene rings is 1. The van der Waals surface area contributed by atoms with E-state index < -0.39 is 0 Å². The second-order valence-corrected chi connectivity index (χ2v) is 6.13. The average molecular weight is 333 g/mol. The van der Waals surface area contributed by atoms with Crippen LogP contribution in [0.3, 0.4) is 0 Å². The highest BCUT2D eigenvalue weighted by Crippen LogP contribution is 2.14. The number of Topliss-reactive ketones (excluding diaryl/α,β-unsaturated/α-hetero) is 1. The zero-order valence-corrected chi connectivity index (χ0v) is 12.8. The summed E-state index contributed by atoms with van der Waals surface area (Å²) in [6.45, 7) is 3.81. The van der Waals surface area contributed by atoms with Gasteiger partial charge in [0, 0.05) is 10.0 Å². The Morgan fingerprint density at radius 1 is 1.41 bits per heavy atom. The monoisotopic (exact) mass is 332 g/mol. The van der Waals surface area contributed by atoms with Crippen LogP contribution in [0.1, 0.15) is 24.2 Å². The third kappa shape index (κ3) is 5.66. The summed E-state index contributed by atoms with van der Waals surface area (Å²) >= 11 is 9.59. The number of halogens is 1. The van der Waals surface area contributed by atoms with Crippen LogP contribution in [0.2, 0.25) is 0 Å². The van der Waals surface area contributed by atoms with Crippen molar-refractivity contribution in [2.45, 2.75) is 20.0 Å². The van der Waals surface area contributed by atoms with E-state index in [1.807, 2.05) is 26.0 Å². The van der Waals surface area contributed by atoms with Crippen LogP contribution in [-0.4, -0.2) is 22.0 Å². The van der Waals surface area contributed by atoms with Crippen LogP contribution in [0.5, 0.6) is 0 Å². The molecular formula is C12H13BrO2S2. The van der Waals surface area contributed by atoms with Crippen LogP contribution in [0.4, 0.5) is 0 Å². The molecule has 0 saturated carbocycles. The van der Waals surface area contributed by atoms with Gasteiger partial charge in [0.2, 0.25) is 4.38 Å². The summed E-state index contributed by atoms with van der Waals surface area (Å²) in [5, 5.41) is 0. The number of carbonyl (C=O) groups excluding carboxylic acids is 1. The van der Waals surface area contributed by atoms with Crippen molar-refractivity contribution in [2.24, 2.45) is 0 Å². The van der Waals surface area contributed by atoms with Gasteiger partial charge in [-0.1, -0.05) is 39.8 Å². The summed E-state index contributed by atoms with van der Waals surface area (Å²) in [6, 6.07) is 7.28. The van der Waals surface area contributed by atoms with E-state index in [1.165, 1.54) is 11.8 Å². The van der Waals surface area contributed by atoms with Crippen molar-refractivity contribution in [1.82, 2.24) is 0 Å². The molecule has 0 fully saturated rings. The van der Waals surface area contributed by atoms with Crippen molar-refractivity contribution in [3.05, 3.63) is 34.3 Å². The summed E-state index contributed by atoms with van der Waals surface area (Å²) in [7, 11) is 0. The van der Waals surface area contributed by atoms with Crippen molar-refractivity contribution in [2.75, 3.05) is 5.75 Å². The molecule has 0 aliphatic carbocycles. The molecule has 0 aromatic heterocycles. The van der Waals surface area contributed by atoms with E-state index in [0.29, 0.717) is 15.7 Å². The average Bonchev–Trinajstić information content (AvgIpc) is 2.26. The molecule has 0 unspecified atom stereocenters. The number of ketones is 1. The van der Waals surface area contributed by atoms with E-state index in [0.717, 1.165) is 4.47 Å². The second-order valence-electron chi connectivity index (χ2n) is 3.64. The number of hydrogen-bond acceptors (Lipinski definition) is 4. The smallest absolute Gasteiger partial charge is 0.220 e. The highest BCUT2D eigenvalue weighted by molar-refractivity contribution is 9.10. The van der Waals surface area contributed by atoms with Crippen molar-refractivity contribution in [3.63, 3.8) is 0 Å². The first-order chi connectivity index (χ1) is 7.99. The van der Waals surface area contributed by atoms with E-state index in [9.17, 15) is 4.79 Å². The van der Waals surface area contributed by atoms with Gasteiger partial charge in [-0.15, -0.1) is 0 Å². The van der Waals surface area contributed by atoms with E-state index in [2.05, 4.69) is 15.9 Å². The number of thioether (sulfide) groups is 1. The second kappa shape index (κ2) is 7.13. The number of hydrogen-bond donors (Lipinski definition) is 0. The summed E-state index contributed by atoms with van der Waals surface area (Å²) in [6.07, 6.45) is 0.0535. The molecule has 17 heavy (non-hydrogen) atoms. The first-order valence-electron chi connectivity index (χ1n) is 5.11. The molecule has 0 radical (unpaired) electrons. The highest BCUT2D eigenvalue weighted by atomic mass is 79.9. The van der Waals surface area contributed by atoms with Crippen molar-refractivity contribution in [1.29, 1.82) is 0 Å². The fraction of sp³-hybridized carbons (Fsp3) is 0.333. The molecule has 2 nitrogen and oxygen atoms in total. The number of carbonyl (C=O) groups is 1. The third-order valence-corrected chi connectivity index (χ3v) is 3.54. The molecular weight excluding hydrogens is 320 g/mol. The fourth-order valence-electron chi connectivity index (χ4n) is 1.07. The van der Waals surface area contributed by atoms with Crippen LogP contribution in [0.15, 0.2) is 28.7 Å². The molecule has 5 heteroatoms. The summed E-state index contributed by atoms with van der Waals surface area (Å²) in [5.41, 5.74) is 0.688. The quantitative estimate of drug-likeness (QED) is 0.613. The molecule has 0 atom stereocenters. The maximum atomic E-state index is 11.8. The predicted octanol–water partition coefficient (Wildman–Crippen LogP) is 4.07. The molecule has 0 saturated heterocycles. The molecule has 0 spiro atoms. The minimum atomic E-state index is 0.0530. The zero-order valence-electron chi connectivity index (χ0n) is 9.60.